The van der Waals surface area contributed by atoms with Gasteiger partial charge < -0.3 is 14.4 Å². The number of alkyl halides is 3. The summed E-state index contributed by atoms with van der Waals surface area (Å²) >= 11 is 0. The number of hydrogen-bond acceptors (Lipinski definition) is 5. The van der Waals surface area contributed by atoms with Gasteiger partial charge in [0.2, 0.25) is 0 Å². The molecule has 1 aromatic carbocycles. The van der Waals surface area contributed by atoms with Gasteiger partial charge in [-0.3, -0.25) is 0 Å². The number of unbranched alkanes of at least 4 members (excludes halogenated alkanes) is 2. The lowest BCUT2D eigenvalue weighted by Gasteiger charge is -2.23. The van der Waals surface area contributed by atoms with E-state index in [1.165, 1.54) is 11.9 Å². The summed E-state index contributed by atoms with van der Waals surface area (Å²) in [7, 11) is 1.53. The predicted octanol–water partition coefficient (Wildman–Crippen LogP) is 5.87. The third kappa shape index (κ3) is 6.80. The van der Waals surface area contributed by atoms with Crippen LogP contribution in [-0.4, -0.2) is 30.2 Å². The normalized spacial score (nSPS) is 11.6. The van der Waals surface area contributed by atoms with Crippen molar-refractivity contribution in [2.24, 2.45) is 5.92 Å². The molecule has 2 aromatic rings. The quantitative estimate of drug-likeness (QED) is 0.458. The summed E-state index contributed by atoms with van der Waals surface area (Å²) in [5, 5.41) is 0. The molecule has 0 aliphatic carbocycles. The lowest BCUT2D eigenvalue weighted by Crippen LogP contribution is -2.19. The molecule has 0 spiro atoms. The molecule has 0 fully saturated rings. The molecular formula is C21H28F3N3O2. The van der Waals surface area contributed by atoms with Crippen LogP contribution in [0.15, 0.2) is 30.5 Å². The molecule has 0 bridgehead atoms. The van der Waals surface area contributed by atoms with Crippen LogP contribution in [0.1, 0.15) is 45.6 Å². The molecule has 0 amide bonds. The number of benzene rings is 1. The SMILES string of the molecule is CCCCCOc1ncc(C(F)(F)F)c(N(C)c2ccc(OCC(C)C)cc2)n1. The fourth-order valence-corrected chi connectivity index (χ4v) is 2.55. The second-order valence-corrected chi connectivity index (χ2v) is 7.20. The minimum Gasteiger partial charge on any atom is -0.493 e. The van der Waals surface area contributed by atoms with Crippen LogP contribution in [0, 0.1) is 5.92 Å². The lowest BCUT2D eigenvalue weighted by molar-refractivity contribution is -0.137. The van der Waals surface area contributed by atoms with Crippen molar-refractivity contribution < 1.29 is 22.6 Å². The van der Waals surface area contributed by atoms with Gasteiger partial charge in [-0.2, -0.15) is 18.2 Å². The molecule has 1 aromatic heterocycles. The maximum atomic E-state index is 13.5. The molecule has 1 heterocycles. The topological polar surface area (TPSA) is 47.5 Å². The Kier molecular flexibility index (Phi) is 8.10. The van der Waals surface area contributed by atoms with Gasteiger partial charge in [0, 0.05) is 18.9 Å². The van der Waals surface area contributed by atoms with E-state index in [0.29, 0.717) is 30.6 Å². The Morgan fingerprint density at radius 2 is 1.76 bits per heavy atom. The number of ether oxygens (including phenoxy) is 2. The van der Waals surface area contributed by atoms with Crippen LogP contribution in [0.5, 0.6) is 11.8 Å². The smallest absolute Gasteiger partial charge is 0.421 e. The van der Waals surface area contributed by atoms with Crippen molar-refractivity contribution in [2.75, 3.05) is 25.2 Å². The number of hydrogen-bond donors (Lipinski definition) is 0. The van der Waals surface area contributed by atoms with Gasteiger partial charge in [0.05, 0.1) is 13.2 Å². The van der Waals surface area contributed by atoms with E-state index >= 15 is 0 Å². The van der Waals surface area contributed by atoms with Gasteiger partial charge in [-0.05, 0) is 36.6 Å². The third-order valence-electron chi connectivity index (χ3n) is 4.16. The van der Waals surface area contributed by atoms with Crippen molar-refractivity contribution in [2.45, 2.75) is 46.2 Å². The van der Waals surface area contributed by atoms with E-state index in [-0.39, 0.29) is 11.8 Å². The molecule has 8 heteroatoms. The molecule has 29 heavy (non-hydrogen) atoms. The highest BCUT2D eigenvalue weighted by Crippen LogP contribution is 2.38. The van der Waals surface area contributed by atoms with Gasteiger partial charge in [-0.25, -0.2) is 4.98 Å². The number of aromatic nitrogens is 2. The second-order valence-electron chi connectivity index (χ2n) is 7.20. The molecule has 0 aliphatic heterocycles. The average molecular weight is 411 g/mol. The van der Waals surface area contributed by atoms with E-state index in [0.717, 1.165) is 25.5 Å². The van der Waals surface area contributed by atoms with Crippen molar-refractivity contribution in [1.29, 1.82) is 0 Å². The molecule has 0 radical (unpaired) electrons. The molecular weight excluding hydrogens is 383 g/mol. The minimum atomic E-state index is -4.58. The molecule has 0 atom stereocenters. The van der Waals surface area contributed by atoms with Crippen molar-refractivity contribution in [3.63, 3.8) is 0 Å². The van der Waals surface area contributed by atoms with E-state index in [1.54, 1.807) is 24.3 Å². The summed E-state index contributed by atoms with van der Waals surface area (Å²) in [6.45, 7) is 7.07. The van der Waals surface area contributed by atoms with Crippen LogP contribution in [0.4, 0.5) is 24.7 Å². The standard InChI is InChI=1S/C21H28F3N3O2/c1-5-6-7-12-28-20-25-13-18(21(22,23)24)19(26-20)27(4)16-8-10-17(11-9-16)29-14-15(2)3/h8-11,13,15H,5-7,12,14H2,1-4H3. The highest BCUT2D eigenvalue weighted by atomic mass is 19.4. The van der Waals surface area contributed by atoms with Crippen LogP contribution in [0.2, 0.25) is 0 Å². The van der Waals surface area contributed by atoms with Crippen molar-refractivity contribution in [3.05, 3.63) is 36.0 Å². The second kappa shape index (κ2) is 10.3. The zero-order valence-electron chi connectivity index (χ0n) is 17.3. The number of rotatable bonds is 10. The third-order valence-corrected chi connectivity index (χ3v) is 4.16. The molecule has 0 saturated heterocycles. The first-order chi connectivity index (χ1) is 13.7. The first-order valence-electron chi connectivity index (χ1n) is 9.76. The Bertz CT molecular complexity index is 765. The fourth-order valence-electron chi connectivity index (χ4n) is 2.55. The van der Waals surface area contributed by atoms with Gasteiger partial charge in [-0.1, -0.05) is 33.6 Å². The lowest BCUT2D eigenvalue weighted by atomic mass is 10.2. The van der Waals surface area contributed by atoms with Crippen molar-refractivity contribution in [1.82, 2.24) is 9.97 Å². The number of halogens is 3. The molecule has 0 saturated carbocycles. The molecule has 2 rings (SSSR count). The summed E-state index contributed by atoms with van der Waals surface area (Å²) in [5.74, 6) is 0.784. The van der Waals surface area contributed by atoms with Gasteiger partial charge in [0.25, 0.3) is 0 Å². The van der Waals surface area contributed by atoms with Crippen LogP contribution < -0.4 is 14.4 Å². The van der Waals surface area contributed by atoms with Crippen molar-refractivity contribution >= 4 is 11.5 Å². The highest BCUT2D eigenvalue weighted by molar-refractivity contribution is 5.63. The summed E-state index contributed by atoms with van der Waals surface area (Å²) in [6.07, 6.45) is -1.02. The van der Waals surface area contributed by atoms with Crippen LogP contribution in [-0.2, 0) is 6.18 Å². The van der Waals surface area contributed by atoms with Gasteiger partial charge in [0.1, 0.15) is 11.3 Å². The van der Waals surface area contributed by atoms with E-state index < -0.39 is 11.7 Å². The molecule has 0 unspecified atom stereocenters. The number of anilines is 2. The predicted molar refractivity (Wildman–Crippen MR) is 107 cm³/mol. The molecule has 0 N–H and O–H groups in total. The first-order valence-corrected chi connectivity index (χ1v) is 9.76. The maximum Gasteiger partial charge on any atom is 0.421 e. The Morgan fingerprint density at radius 1 is 1.07 bits per heavy atom. The molecule has 5 nitrogen and oxygen atoms in total. The average Bonchev–Trinajstić information content (AvgIpc) is 2.68. The molecule has 0 aliphatic rings. The minimum absolute atomic E-state index is 0.0622. The summed E-state index contributed by atoms with van der Waals surface area (Å²) in [4.78, 5) is 9.14. The largest absolute Gasteiger partial charge is 0.493 e. The highest BCUT2D eigenvalue weighted by Gasteiger charge is 2.36. The van der Waals surface area contributed by atoms with Crippen LogP contribution >= 0.6 is 0 Å². The summed E-state index contributed by atoms with van der Waals surface area (Å²) in [5.41, 5.74) is -0.371. The van der Waals surface area contributed by atoms with E-state index in [1.807, 2.05) is 13.8 Å². The van der Waals surface area contributed by atoms with E-state index in [2.05, 4.69) is 16.9 Å². The van der Waals surface area contributed by atoms with Gasteiger partial charge >= 0.3 is 12.2 Å². The fraction of sp³-hybridized carbons (Fsp3) is 0.524. The van der Waals surface area contributed by atoms with E-state index in [9.17, 15) is 13.2 Å². The van der Waals surface area contributed by atoms with E-state index in [4.69, 9.17) is 9.47 Å². The Labute approximate surface area is 169 Å². The van der Waals surface area contributed by atoms with Crippen LogP contribution in [0.25, 0.3) is 0 Å². The first kappa shape index (κ1) is 22.8. The zero-order valence-corrected chi connectivity index (χ0v) is 17.3. The Morgan fingerprint density at radius 3 is 2.34 bits per heavy atom. The zero-order chi connectivity index (χ0) is 21.4. The maximum absolute atomic E-state index is 13.5. The van der Waals surface area contributed by atoms with Gasteiger partial charge in [0.15, 0.2) is 5.82 Å². The summed E-state index contributed by atoms with van der Waals surface area (Å²) in [6, 6.07) is 6.78. The van der Waals surface area contributed by atoms with Crippen LogP contribution in [0.3, 0.4) is 0 Å². The van der Waals surface area contributed by atoms with Gasteiger partial charge in [-0.15, -0.1) is 0 Å². The Balaban J connectivity index is 2.24. The Hall–Kier alpha value is -2.51. The monoisotopic (exact) mass is 411 g/mol. The molecule has 160 valence electrons. The number of nitrogens with zero attached hydrogens (tertiary/aromatic N) is 3. The van der Waals surface area contributed by atoms with Crippen molar-refractivity contribution in [3.8, 4) is 11.8 Å². The summed E-state index contributed by atoms with van der Waals surface area (Å²) < 4.78 is 51.5.